The molecule has 0 aliphatic rings. The van der Waals surface area contributed by atoms with Gasteiger partial charge in [0.2, 0.25) is 0 Å². The largest absolute Gasteiger partial charge is 0.312 e. The number of hydrogen-bond acceptors (Lipinski definition) is 1. The molecule has 0 heterocycles. The summed E-state index contributed by atoms with van der Waals surface area (Å²) in [6.45, 7) is 1.79. The van der Waals surface area contributed by atoms with Crippen LogP contribution >= 0.6 is 11.6 Å². The molecule has 0 radical (unpaired) electrons. The number of hydrogen-bond donors (Lipinski definition) is 1. The Balaban J connectivity index is 3.07. The van der Waals surface area contributed by atoms with Crippen molar-refractivity contribution in [3.63, 3.8) is 0 Å². The monoisotopic (exact) mass is 179 g/mol. The second-order valence-corrected chi connectivity index (χ2v) is 3.29. The SMILES string of the molecule is C#CC(C)(N)c1ccc(Cl)cc1. The molecule has 0 aliphatic heterocycles. The van der Waals surface area contributed by atoms with Crippen LogP contribution in [0.1, 0.15) is 12.5 Å². The summed E-state index contributed by atoms with van der Waals surface area (Å²) in [4.78, 5) is 0. The average Bonchev–Trinajstić information content (AvgIpc) is 2.05. The van der Waals surface area contributed by atoms with Gasteiger partial charge in [-0.05, 0) is 24.6 Å². The van der Waals surface area contributed by atoms with Crippen molar-refractivity contribution in [1.82, 2.24) is 0 Å². The zero-order valence-corrected chi connectivity index (χ0v) is 7.60. The van der Waals surface area contributed by atoms with E-state index in [1.165, 1.54) is 0 Å². The summed E-state index contributed by atoms with van der Waals surface area (Å²) in [6.07, 6.45) is 5.27. The molecule has 0 aliphatic carbocycles. The summed E-state index contributed by atoms with van der Waals surface area (Å²) in [7, 11) is 0. The van der Waals surface area contributed by atoms with Crippen LogP contribution in [0.5, 0.6) is 0 Å². The van der Waals surface area contributed by atoms with Gasteiger partial charge in [0.1, 0.15) is 0 Å². The van der Waals surface area contributed by atoms with Crippen molar-refractivity contribution in [2.45, 2.75) is 12.5 Å². The standard InChI is InChI=1S/C10H10ClN/c1-3-10(2,12)8-4-6-9(11)7-5-8/h1,4-7H,12H2,2H3. The summed E-state index contributed by atoms with van der Waals surface area (Å²) in [5.41, 5.74) is 6.00. The van der Waals surface area contributed by atoms with Gasteiger partial charge in [-0.25, -0.2) is 0 Å². The zero-order chi connectivity index (χ0) is 9.19. The van der Waals surface area contributed by atoms with E-state index in [-0.39, 0.29) is 0 Å². The second-order valence-electron chi connectivity index (χ2n) is 2.85. The highest BCUT2D eigenvalue weighted by Gasteiger charge is 2.16. The van der Waals surface area contributed by atoms with Crippen molar-refractivity contribution in [3.8, 4) is 12.3 Å². The van der Waals surface area contributed by atoms with Crippen molar-refractivity contribution in [1.29, 1.82) is 0 Å². The number of benzene rings is 1. The van der Waals surface area contributed by atoms with E-state index in [9.17, 15) is 0 Å². The Labute approximate surface area is 77.5 Å². The van der Waals surface area contributed by atoms with Crippen molar-refractivity contribution in [3.05, 3.63) is 34.9 Å². The molecular formula is C10H10ClN. The molecule has 1 nitrogen and oxygen atoms in total. The highest BCUT2D eigenvalue weighted by atomic mass is 35.5. The summed E-state index contributed by atoms with van der Waals surface area (Å²) >= 11 is 5.71. The maximum Gasteiger partial charge on any atom is 0.1000 e. The van der Waals surface area contributed by atoms with Crippen LogP contribution in [-0.2, 0) is 5.54 Å². The smallest absolute Gasteiger partial charge is 0.1000 e. The third kappa shape index (κ3) is 1.79. The van der Waals surface area contributed by atoms with Crippen LogP contribution in [0.2, 0.25) is 5.02 Å². The lowest BCUT2D eigenvalue weighted by molar-refractivity contribution is 0.658. The Bertz CT molecular complexity index is 306. The molecule has 1 aromatic carbocycles. The fraction of sp³-hybridized carbons (Fsp3) is 0.200. The lowest BCUT2D eigenvalue weighted by atomic mass is 9.95. The van der Waals surface area contributed by atoms with Gasteiger partial charge in [0.25, 0.3) is 0 Å². The average molecular weight is 180 g/mol. The van der Waals surface area contributed by atoms with E-state index < -0.39 is 5.54 Å². The maximum absolute atomic E-state index is 5.81. The summed E-state index contributed by atoms with van der Waals surface area (Å²) in [5, 5.41) is 0.687. The lowest BCUT2D eigenvalue weighted by Crippen LogP contribution is -2.30. The first-order chi connectivity index (χ1) is 5.56. The molecule has 2 N–H and O–H groups in total. The van der Waals surface area contributed by atoms with Crippen molar-refractivity contribution < 1.29 is 0 Å². The summed E-state index contributed by atoms with van der Waals surface area (Å²) < 4.78 is 0. The third-order valence-electron chi connectivity index (χ3n) is 1.74. The van der Waals surface area contributed by atoms with Gasteiger partial charge >= 0.3 is 0 Å². The number of halogens is 1. The van der Waals surface area contributed by atoms with Crippen molar-refractivity contribution >= 4 is 11.6 Å². The molecule has 1 unspecified atom stereocenters. The molecule has 0 aromatic heterocycles. The Morgan fingerprint density at radius 3 is 2.33 bits per heavy atom. The van der Waals surface area contributed by atoms with Gasteiger partial charge in [0, 0.05) is 5.02 Å². The van der Waals surface area contributed by atoms with E-state index in [1.54, 1.807) is 19.1 Å². The minimum Gasteiger partial charge on any atom is -0.312 e. The maximum atomic E-state index is 5.81. The van der Waals surface area contributed by atoms with Crippen LogP contribution < -0.4 is 5.73 Å². The van der Waals surface area contributed by atoms with Crippen LogP contribution in [0.4, 0.5) is 0 Å². The minimum absolute atomic E-state index is 0.687. The second kappa shape index (κ2) is 3.18. The number of rotatable bonds is 1. The molecule has 2 heteroatoms. The quantitative estimate of drug-likeness (QED) is 0.657. The molecule has 0 saturated carbocycles. The molecule has 1 aromatic rings. The minimum atomic E-state index is -0.704. The van der Waals surface area contributed by atoms with Crippen LogP contribution in [0, 0.1) is 12.3 Å². The van der Waals surface area contributed by atoms with E-state index >= 15 is 0 Å². The fourth-order valence-electron chi connectivity index (χ4n) is 0.879. The first kappa shape index (κ1) is 9.12. The number of nitrogens with two attached hydrogens (primary N) is 1. The Morgan fingerprint density at radius 2 is 1.92 bits per heavy atom. The van der Waals surface area contributed by atoms with Crippen molar-refractivity contribution in [2.24, 2.45) is 5.73 Å². The molecule has 0 spiro atoms. The first-order valence-corrected chi connectivity index (χ1v) is 3.97. The molecule has 62 valence electrons. The predicted octanol–water partition coefficient (Wildman–Crippen LogP) is 2.15. The van der Waals surface area contributed by atoms with Crippen LogP contribution in [0.15, 0.2) is 24.3 Å². The topological polar surface area (TPSA) is 26.0 Å². The zero-order valence-electron chi connectivity index (χ0n) is 6.84. The number of terminal acetylenes is 1. The van der Waals surface area contributed by atoms with E-state index in [1.807, 2.05) is 12.1 Å². The highest BCUT2D eigenvalue weighted by Crippen LogP contribution is 2.18. The molecule has 0 fully saturated rings. The van der Waals surface area contributed by atoms with Crippen molar-refractivity contribution in [2.75, 3.05) is 0 Å². The Morgan fingerprint density at radius 1 is 1.42 bits per heavy atom. The van der Waals surface area contributed by atoms with Crippen LogP contribution in [0.3, 0.4) is 0 Å². The fourth-order valence-corrected chi connectivity index (χ4v) is 1.01. The molecule has 0 amide bonds. The Kier molecular flexibility index (Phi) is 2.42. The van der Waals surface area contributed by atoms with Crippen LogP contribution in [-0.4, -0.2) is 0 Å². The van der Waals surface area contributed by atoms with Gasteiger partial charge < -0.3 is 5.73 Å². The molecular weight excluding hydrogens is 170 g/mol. The van der Waals surface area contributed by atoms with E-state index in [0.717, 1.165) is 5.56 Å². The van der Waals surface area contributed by atoms with Gasteiger partial charge in [-0.3, -0.25) is 0 Å². The molecule has 0 bridgehead atoms. The molecule has 0 saturated heterocycles. The van der Waals surface area contributed by atoms with E-state index in [4.69, 9.17) is 23.8 Å². The van der Waals surface area contributed by atoms with Gasteiger partial charge in [-0.1, -0.05) is 29.7 Å². The molecule has 12 heavy (non-hydrogen) atoms. The van der Waals surface area contributed by atoms with Gasteiger partial charge in [0.15, 0.2) is 0 Å². The highest BCUT2D eigenvalue weighted by molar-refractivity contribution is 6.30. The third-order valence-corrected chi connectivity index (χ3v) is 2.00. The molecule has 1 rings (SSSR count). The van der Waals surface area contributed by atoms with Crippen LogP contribution in [0.25, 0.3) is 0 Å². The van der Waals surface area contributed by atoms with E-state index in [0.29, 0.717) is 5.02 Å². The Hall–Kier alpha value is -0.970. The molecule has 1 atom stereocenters. The predicted molar refractivity (Wildman–Crippen MR) is 51.8 cm³/mol. The lowest BCUT2D eigenvalue weighted by Gasteiger charge is -2.17. The normalized spacial score (nSPS) is 14.8. The first-order valence-electron chi connectivity index (χ1n) is 3.59. The van der Waals surface area contributed by atoms with Gasteiger partial charge in [-0.2, -0.15) is 0 Å². The van der Waals surface area contributed by atoms with E-state index in [2.05, 4.69) is 5.92 Å². The summed E-state index contributed by atoms with van der Waals surface area (Å²) in [5.74, 6) is 2.51. The van der Waals surface area contributed by atoms with Gasteiger partial charge in [0.05, 0.1) is 5.54 Å². The van der Waals surface area contributed by atoms with Gasteiger partial charge in [-0.15, -0.1) is 6.42 Å². The summed E-state index contributed by atoms with van der Waals surface area (Å²) in [6, 6.07) is 7.23.